The second-order valence-corrected chi connectivity index (χ2v) is 9.74. The molecule has 1 aromatic rings. The van der Waals surface area contributed by atoms with Crippen LogP contribution in [-0.4, -0.2) is 142 Å². The number of hydrogen-bond donors (Lipinski definition) is 7. The topological polar surface area (TPSA) is 206 Å². The van der Waals surface area contributed by atoms with E-state index in [1.54, 1.807) is 0 Å². The summed E-state index contributed by atoms with van der Waals surface area (Å²) in [6, 6.07) is 9.45. The summed E-state index contributed by atoms with van der Waals surface area (Å²) in [6.07, 6.45) is -17.9. The Kier molecular flexibility index (Phi) is 8.93. The molecule has 1 aromatic carbocycles. The molecule has 0 aliphatic carbocycles. The van der Waals surface area contributed by atoms with Crippen LogP contribution in [0, 0.1) is 0 Å². The molecule has 0 aromatic heterocycles. The van der Waals surface area contributed by atoms with Crippen molar-refractivity contribution in [1.29, 1.82) is 0 Å². The molecule has 0 spiro atoms. The highest BCUT2D eigenvalue weighted by molar-refractivity contribution is 5.13. The number of ether oxygens (including phenoxy) is 7. The Balaban J connectivity index is 1.24. The van der Waals surface area contributed by atoms with E-state index in [9.17, 15) is 35.7 Å². The van der Waals surface area contributed by atoms with Gasteiger partial charge in [0.25, 0.3) is 0 Å². The van der Waals surface area contributed by atoms with E-state index in [2.05, 4.69) is 0 Å². The first-order chi connectivity index (χ1) is 18.3. The molecule has 14 nitrogen and oxygen atoms in total. The summed E-state index contributed by atoms with van der Waals surface area (Å²) >= 11 is 0. The Morgan fingerprint density at radius 1 is 0.684 bits per heavy atom. The van der Waals surface area contributed by atoms with Gasteiger partial charge in [-0.1, -0.05) is 30.3 Å². The smallest absolute Gasteiger partial charge is 0.187 e. The third kappa shape index (κ3) is 5.48. The zero-order chi connectivity index (χ0) is 27.0. The largest absolute Gasteiger partial charge is 0.394 e. The molecule has 38 heavy (non-hydrogen) atoms. The molecule has 4 aliphatic rings. The molecule has 2 bridgehead atoms. The van der Waals surface area contributed by atoms with Gasteiger partial charge in [0, 0.05) is 0 Å². The minimum absolute atomic E-state index is 0.234. The highest BCUT2D eigenvalue weighted by Gasteiger charge is 2.56. The zero-order valence-corrected chi connectivity index (χ0v) is 20.3. The van der Waals surface area contributed by atoms with Crippen molar-refractivity contribution in [1.82, 2.24) is 0 Å². The van der Waals surface area contributed by atoms with Gasteiger partial charge in [-0.05, 0) is 5.56 Å². The molecular formula is C24H34O14. The van der Waals surface area contributed by atoms with Crippen LogP contribution < -0.4 is 0 Å². The lowest BCUT2D eigenvalue weighted by molar-refractivity contribution is -0.366. The van der Waals surface area contributed by atoms with Gasteiger partial charge in [0.05, 0.1) is 26.4 Å². The standard InChI is InChI=1S/C24H34O14/c25-6-11-14(27)15(28)17(30)22(34-11)37-19-12(7-26)35-23(18(31)16(19)29)38-20-13-9-33-24(36-13)21(20)32-8-10-4-2-1-3-5-10/h1-5,11-31H,6-9H2/t11-,12-,13-,14+,15+,16-,17-,18-,19-,20-,21?,22+,23+,24-/m1/s1. The van der Waals surface area contributed by atoms with Gasteiger partial charge in [0.2, 0.25) is 0 Å². The Morgan fingerprint density at radius 3 is 2.00 bits per heavy atom. The van der Waals surface area contributed by atoms with Crippen molar-refractivity contribution < 1.29 is 68.9 Å². The van der Waals surface area contributed by atoms with E-state index in [0.29, 0.717) is 0 Å². The molecule has 0 amide bonds. The molecule has 7 N–H and O–H groups in total. The van der Waals surface area contributed by atoms with E-state index >= 15 is 0 Å². The van der Waals surface area contributed by atoms with Crippen molar-refractivity contribution in [2.75, 3.05) is 19.8 Å². The summed E-state index contributed by atoms with van der Waals surface area (Å²) in [5, 5.41) is 71.3. The monoisotopic (exact) mass is 546 g/mol. The molecule has 4 aliphatic heterocycles. The van der Waals surface area contributed by atoms with Gasteiger partial charge in [-0.3, -0.25) is 0 Å². The fraction of sp³-hybridized carbons (Fsp3) is 0.750. The molecular weight excluding hydrogens is 512 g/mol. The summed E-state index contributed by atoms with van der Waals surface area (Å²) in [5.74, 6) is 0. The van der Waals surface area contributed by atoms with Crippen LogP contribution in [-0.2, 0) is 39.8 Å². The van der Waals surface area contributed by atoms with E-state index < -0.39 is 99.2 Å². The first-order valence-corrected chi connectivity index (χ1v) is 12.5. The first kappa shape index (κ1) is 28.2. The van der Waals surface area contributed by atoms with E-state index in [1.807, 2.05) is 30.3 Å². The van der Waals surface area contributed by atoms with Crippen molar-refractivity contribution in [2.24, 2.45) is 0 Å². The van der Waals surface area contributed by atoms with Gasteiger partial charge in [-0.25, -0.2) is 0 Å². The lowest BCUT2D eigenvalue weighted by Gasteiger charge is -2.46. The van der Waals surface area contributed by atoms with Crippen LogP contribution in [0.4, 0.5) is 0 Å². The lowest BCUT2D eigenvalue weighted by atomic mass is 9.97. The maximum absolute atomic E-state index is 10.9. The SMILES string of the molecule is OC[C@H]1O[C@@H](O[C@H]2[C@H](O)[C@@H](O)[C@H](O[C@H]3C(OCc4ccccc4)[C@@H]4OC[C@H]3O4)O[C@@H]2CO)[C@H](O)[C@@H](O)[C@H]1O. The van der Waals surface area contributed by atoms with Crippen LogP contribution in [0.1, 0.15) is 5.56 Å². The molecule has 0 radical (unpaired) electrons. The second kappa shape index (κ2) is 12.0. The van der Waals surface area contributed by atoms with Crippen molar-refractivity contribution in [3.05, 3.63) is 35.9 Å². The van der Waals surface area contributed by atoms with E-state index in [4.69, 9.17) is 33.2 Å². The Bertz CT molecular complexity index is 888. The van der Waals surface area contributed by atoms with Crippen LogP contribution in [0.3, 0.4) is 0 Å². The van der Waals surface area contributed by atoms with Crippen LogP contribution in [0.25, 0.3) is 0 Å². The highest BCUT2D eigenvalue weighted by atomic mass is 16.8. The van der Waals surface area contributed by atoms with Crippen LogP contribution in [0.2, 0.25) is 0 Å². The van der Waals surface area contributed by atoms with Gasteiger partial charge in [0.1, 0.15) is 67.1 Å². The molecule has 1 unspecified atom stereocenters. The summed E-state index contributed by atoms with van der Waals surface area (Å²) in [5.41, 5.74) is 0.923. The van der Waals surface area contributed by atoms with Crippen LogP contribution >= 0.6 is 0 Å². The first-order valence-electron chi connectivity index (χ1n) is 12.5. The third-order valence-corrected chi connectivity index (χ3v) is 7.23. The lowest BCUT2D eigenvalue weighted by Crippen LogP contribution is -2.65. The third-order valence-electron chi connectivity index (χ3n) is 7.23. The Morgan fingerprint density at radius 2 is 1.32 bits per heavy atom. The second-order valence-electron chi connectivity index (χ2n) is 9.74. The van der Waals surface area contributed by atoms with Crippen LogP contribution in [0.15, 0.2) is 30.3 Å². The zero-order valence-electron chi connectivity index (χ0n) is 20.3. The molecule has 14 heteroatoms. The van der Waals surface area contributed by atoms with Gasteiger partial charge in [-0.15, -0.1) is 0 Å². The van der Waals surface area contributed by atoms with Gasteiger partial charge >= 0.3 is 0 Å². The minimum atomic E-state index is -1.75. The highest BCUT2D eigenvalue weighted by Crippen LogP contribution is 2.37. The average molecular weight is 547 g/mol. The van der Waals surface area contributed by atoms with Crippen molar-refractivity contribution in [2.45, 2.75) is 92.6 Å². The molecule has 214 valence electrons. The van der Waals surface area contributed by atoms with E-state index in [0.717, 1.165) is 5.56 Å². The van der Waals surface area contributed by atoms with Gasteiger partial charge in [-0.2, -0.15) is 0 Å². The Hall–Kier alpha value is -1.34. The normalized spacial score (nSPS) is 46.9. The number of benzene rings is 1. The van der Waals surface area contributed by atoms with E-state index in [-0.39, 0.29) is 13.2 Å². The molecule has 4 fully saturated rings. The maximum Gasteiger partial charge on any atom is 0.187 e. The van der Waals surface area contributed by atoms with Crippen molar-refractivity contribution >= 4 is 0 Å². The number of hydrogen-bond acceptors (Lipinski definition) is 14. The van der Waals surface area contributed by atoms with Crippen LogP contribution in [0.5, 0.6) is 0 Å². The average Bonchev–Trinajstić information content (AvgIpc) is 3.54. The number of fused-ring (bicyclic) bond motifs is 2. The predicted octanol–water partition coefficient (Wildman–Crippen LogP) is -3.66. The minimum Gasteiger partial charge on any atom is -0.394 e. The quantitative estimate of drug-likeness (QED) is 0.159. The summed E-state index contributed by atoms with van der Waals surface area (Å²) in [7, 11) is 0. The molecule has 4 heterocycles. The number of rotatable bonds is 9. The van der Waals surface area contributed by atoms with E-state index in [1.165, 1.54) is 0 Å². The van der Waals surface area contributed by atoms with Gasteiger partial charge in [0.15, 0.2) is 18.9 Å². The fourth-order valence-corrected chi connectivity index (χ4v) is 5.08. The molecule has 4 saturated heterocycles. The summed E-state index contributed by atoms with van der Waals surface area (Å²) in [4.78, 5) is 0. The number of aliphatic hydroxyl groups excluding tert-OH is 7. The fourth-order valence-electron chi connectivity index (χ4n) is 5.08. The Labute approximate surface area is 217 Å². The summed E-state index contributed by atoms with van der Waals surface area (Å²) < 4.78 is 40.0. The molecule has 5 rings (SSSR count). The molecule has 14 atom stereocenters. The predicted molar refractivity (Wildman–Crippen MR) is 121 cm³/mol. The maximum atomic E-state index is 10.9. The number of aliphatic hydroxyl groups is 7. The van der Waals surface area contributed by atoms with Crippen molar-refractivity contribution in [3.63, 3.8) is 0 Å². The summed E-state index contributed by atoms with van der Waals surface area (Å²) in [6.45, 7) is -0.861. The van der Waals surface area contributed by atoms with Gasteiger partial charge < -0.3 is 68.9 Å². The van der Waals surface area contributed by atoms with Crippen molar-refractivity contribution in [3.8, 4) is 0 Å². The molecule has 0 saturated carbocycles.